The van der Waals surface area contributed by atoms with Gasteiger partial charge in [-0.3, -0.25) is 0 Å². The van der Waals surface area contributed by atoms with Crippen LogP contribution in [0.2, 0.25) is 5.02 Å². The number of ether oxygens (including phenoxy) is 1. The van der Waals surface area contributed by atoms with Gasteiger partial charge in [0, 0.05) is 11.7 Å². The SMILES string of the molecule is CC(C)NC(=S)Nc1ccc(Oc2ccccc2Cl)cc1. The lowest BCUT2D eigenvalue weighted by Gasteiger charge is -2.13. The molecule has 3 nitrogen and oxygen atoms in total. The van der Waals surface area contributed by atoms with Gasteiger partial charge in [0.05, 0.1) is 5.02 Å². The van der Waals surface area contributed by atoms with Crippen LogP contribution in [-0.4, -0.2) is 11.2 Å². The molecule has 0 fully saturated rings. The third-order valence-electron chi connectivity index (χ3n) is 2.60. The topological polar surface area (TPSA) is 33.3 Å². The lowest BCUT2D eigenvalue weighted by atomic mass is 10.3. The predicted octanol–water partition coefficient (Wildman–Crippen LogP) is 4.83. The third kappa shape index (κ3) is 4.92. The van der Waals surface area contributed by atoms with E-state index in [2.05, 4.69) is 10.6 Å². The first-order valence-corrected chi connectivity index (χ1v) is 7.43. The fourth-order valence-corrected chi connectivity index (χ4v) is 2.22. The number of benzene rings is 2. The van der Waals surface area contributed by atoms with Crippen molar-refractivity contribution in [2.24, 2.45) is 0 Å². The van der Waals surface area contributed by atoms with E-state index in [-0.39, 0.29) is 0 Å². The van der Waals surface area contributed by atoms with Crippen molar-refractivity contribution >= 4 is 34.6 Å². The summed E-state index contributed by atoms with van der Waals surface area (Å²) in [6, 6.07) is 15.2. The molecule has 0 aliphatic carbocycles. The highest BCUT2D eigenvalue weighted by molar-refractivity contribution is 7.80. The van der Waals surface area contributed by atoms with E-state index in [1.165, 1.54) is 0 Å². The summed E-state index contributed by atoms with van der Waals surface area (Å²) in [6.07, 6.45) is 0. The Hall–Kier alpha value is -1.78. The molecule has 2 aromatic rings. The normalized spacial score (nSPS) is 10.3. The third-order valence-corrected chi connectivity index (χ3v) is 3.13. The summed E-state index contributed by atoms with van der Waals surface area (Å²) >= 11 is 11.3. The van der Waals surface area contributed by atoms with Crippen molar-refractivity contribution < 1.29 is 4.74 Å². The van der Waals surface area contributed by atoms with E-state index in [0.717, 1.165) is 11.4 Å². The average Bonchev–Trinajstić information content (AvgIpc) is 2.42. The fourth-order valence-electron chi connectivity index (χ4n) is 1.69. The first-order chi connectivity index (χ1) is 10.0. The van der Waals surface area contributed by atoms with Crippen LogP contribution in [0.15, 0.2) is 48.5 Å². The minimum atomic E-state index is 0.299. The lowest BCUT2D eigenvalue weighted by Crippen LogP contribution is -2.33. The molecule has 0 saturated carbocycles. The van der Waals surface area contributed by atoms with Crippen LogP contribution in [0.25, 0.3) is 0 Å². The van der Waals surface area contributed by atoms with Crippen molar-refractivity contribution in [3.8, 4) is 11.5 Å². The summed E-state index contributed by atoms with van der Waals surface area (Å²) < 4.78 is 5.73. The number of hydrogen-bond acceptors (Lipinski definition) is 2. The highest BCUT2D eigenvalue weighted by atomic mass is 35.5. The van der Waals surface area contributed by atoms with E-state index in [0.29, 0.717) is 21.9 Å². The largest absolute Gasteiger partial charge is 0.456 e. The van der Waals surface area contributed by atoms with Gasteiger partial charge in [0.1, 0.15) is 11.5 Å². The summed E-state index contributed by atoms with van der Waals surface area (Å²) in [5.41, 5.74) is 0.902. The zero-order chi connectivity index (χ0) is 15.2. The maximum atomic E-state index is 6.06. The summed E-state index contributed by atoms with van der Waals surface area (Å²) in [7, 11) is 0. The van der Waals surface area contributed by atoms with Gasteiger partial charge < -0.3 is 15.4 Å². The second-order valence-corrected chi connectivity index (χ2v) is 5.63. The van der Waals surface area contributed by atoms with E-state index in [4.69, 9.17) is 28.6 Å². The number of para-hydroxylation sites is 1. The van der Waals surface area contributed by atoms with E-state index in [9.17, 15) is 0 Å². The molecule has 2 aromatic carbocycles. The van der Waals surface area contributed by atoms with Gasteiger partial charge in [-0.1, -0.05) is 23.7 Å². The molecule has 0 aromatic heterocycles. The molecule has 0 unspecified atom stereocenters. The van der Waals surface area contributed by atoms with Crippen LogP contribution in [0, 0.1) is 0 Å². The van der Waals surface area contributed by atoms with Gasteiger partial charge in [-0.2, -0.15) is 0 Å². The van der Waals surface area contributed by atoms with Crippen LogP contribution in [0.4, 0.5) is 5.69 Å². The Labute approximate surface area is 135 Å². The van der Waals surface area contributed by atoms with Gasteiger partial charge in [-0.05, 0) is 62.5 Å². The minimum absolute atomic E-state index is 0.299. The Morgan fingerprint density at radius 1 is 1.10 bits per heavy atom. The second kappa shape index (κ2) is 7.29. The van der Waals surface area contributed by atoms with Gasteiger partial charge in [-0.25, -0.2) is 0 Å². The van der Waals surface area contributed by atoms with Gasteiger partial charge in [0.2, 0.25) is 0 Å². The number of nitrogens with one attached hydrogen (secondary N) is 2. The predicted molar refractivity (Wildman–Crippen MR) is 92.5 cm³/mol. The quantitative estimate of drug-likeness (QED) is 0.791. The molecule has 0 bridgehead atoms. The molecule has 0 radical (unpaired) electrons. The Morgan fingerprint density at radius 3 is 2.38 bits per heavy atom. The summed E-state index contributed by atoms with van der Waals surface area (Å²) in [6.45, 7) is 4.07. The molecule has 0 saturated heterocycles. The molecule has 21 heavy (non-hydrogen) atoms. The molecule has 0 spiro atoms. The van der Waals surface area contributed by atoms with Crippen molar-refractivity contribution in [3.05, 3.63) is 53.6 Å². The van der Waals surface area contributed by atoms with Crippen LogP contribution in [-0.2, 0) is 0 Å². The first-order valence-electron chi connectivity index (χ1n) is 6.64. The summed E-state index contributed by atoms with van der Waals surface area (Å²) in [5.74, 6) is 1.35. The highest BCUT2D eigenvalue weighted by Gasteiger charge is 2.03. The maximum absolute atomic E-state index is 6.06. The van der Waals surface area contributed by atoms with E-state index in [1.807, 2.05) is 56.3 Å². The van der Waals surface area contributed by atoms with Crippen LogP contribution in [0.3, 0.4) is 0 Å². The number of hydrogen-bond donors (Lipinski definition) is 2. The molecule has 0 heterocycles. The van der Waals surface area contributed by atoms with Gasteiger partial charge >= 0.3 is 0 Å². The zero-order valence-corrected chi connectivity index (χ0v) is 13.5. The van der Waals surface area contributed by atoms with Crippen molar-refractivity contribution in [3.63, 3.8) is 0 Å². The van der Waals surface area contributed by atoms with Gasteiger partial charge in [-0.15, -0.1) is 0 Å². The lowest BCUT2D eigenvalue weighted by molar-refractivity contribution is 0.483. The Balaban J connectivity index is 1.99. The Morgan fingerprint density at radius 2 is 1.76 bits per heavy atom. The molecule has 0 atom stereocenters. The number of halogens is 1. The highest BCUT2D eigenvalue weighted by Crippen LogP contribution is 2.29. The first kappa shape index (κ1) is 15.6. The molecular formula is C16H17ClN2OS. The summed E-state index contributed by atoms with van der Waals surface area (Å²) in [5, 5.41) is 7.43. The van der Waals surface area contributed by atoms with Crippen molar-refractivity contribution in [1.82, 2.24) is 5.32 Å². The number of anilines is 1. The standard InChI is InChI=1S/C16H17ClN2OS/c1-11(2)18-16(21)19-12-7-9-13(10-8-12)20-15-6-4-3-5-14(15)17/h3-11H,1-2H3,(H2,18,19,21). The van der Waals surface area contributed by atoms with E-state index in [1.54, 1.807) is 6.07 Å². The second-order valence-electron chi connectivity index (χ2n) is 4.81. The van der Waals surface area contributed by atoms with Gasteiger partial charge in [0.15, 0.2) is 5.11 Å². The molecule has 5 heteroatoms. The molecular weight excluding hydrogens is 304 g/mol. The zero-order valence-electron chi connectivity index (χ0n) is 11.9. The molecule has 0 aliphatic rings. The molecule has 2 N–H and O–H groups in total. The Bertz CT molecular complexity index is 614. The van der Waals surface area contributed by atoms with E-state index < -0.39 is 0 Å². The number of rotatable bonds is 4. The Kier molecular flexibility index (Phi) is 5.42. The van der Waals surface area contributed by atoms with Crippen molar-refractivity contribution in [1.29, 1.82) is 0 Å². The van der Waals surface area contributed by atoms with E-state index >= 15 is 0 Å². The average molecular weight is 321 g/mol. The van der Waals surface area contributed by atoms with Gasteiger partial charge in [0.25, 0.3) is 0 Å². The van der Waals surface area contributed by atoms with Crippen molar-refractivity contribution in [2.75, 3.05) is 5.32 Å². The number of thiocarbonyl (C=S) groups is 1. The minimum Gasteiger partial charge on any atom is -0.456 e. The summed E-state index contributed by atoms with van der Waals surface area (Å²) in [4.78, 5) is 0. The monoisotopic (exact) mass is 320 g/mol. The fraction of sp³-hybridized carbons (Fsp3) is 0.188. The smallest absolute Gasteiger partial charge is 0.170 e. The molecule has 0 aliphatic heterocycles. The van der Waals surface area contributed by atoms with Crippen LogP contribution in [0.5, 0.6) is 11.5 Å². The van der Waals surface area contributed by atoms with Crippen LogP contribution >= 0.6 is 23.8 Å². The van der Waals surface area contributed by atoms with Crippen molar-refractivity contribution in [2.45, 2.75) is 19.9 Å². The van der Waals surface area contributed by atoms with Crippen LogP contribution < -0.4 is 15.4 Å². The molecule has 110 valence electrons. The van der Waals surface area contributed by atoms with Crippen LogP contribution in [0.1, 0.15) is 13.8 Å². The maximum Gasteiger partial charge on any atom is 0.170 e. The molecule has 2 rings (SSSR count). The molecule has 0 amide bonds.